The predicted octanol–water partition coefficient (Wildman–Crippen LogP) is 1.52. The van der Waals surface area contributed by atoms with Crippen LogP contribution < -0.4 is 11.3 Å². The largest absolute Gasteiger partial charge is 0.299 e. The van der Waals surface area contributed by atoms with Gasteiger partial charge >= 0.3 is 0 Å². The van der Waals surface area contributed by atoms with Crippen LogP contribution in [-0.2, 0) is 6.54 Å². The van der Waals surface area contributed by atoms with E-state index in [1.807, 2.05) is 12.1 Å². The summed E-state index contributed by atoms with van der Waals surface area (Å²) in [5.74, 6) is 5.80. The molecule has 0 unspecified atom stereocenters. The molecule has 1 fully saturated rings. The summed E-state index contributed by atoms with van der Waals surface area (Å²) in [5.41, 5.74) is 3.95. The molecule has 1 aliphatic rings. The average Bonchev–Trinajstić information content (AvgIpc) is 3.21. The van der Waals surface area contributed by atoms with Crippen molar-refractivity contribution in [1.29, 1.82) is 0 Å². The Morgan fingerprint density at radius 1 is 1.50 bits per heavy atom. The van der Waals surface area contributed by atoms with E-state index in [1.165, 1.54) is 24.9 Å². The van der Waals surface area contributed by atoms with E-state index >= 15 is 0 Å². The van der Waals surface area contributed by atoms with Gasteiger partial charge in [-0.25, -0.2) is 5.84 Å². The predicted molar refractivity (Wildman–Crippen MR) is 71.8 cm³/mol. The van der Waals surface area contributed by atoms with E-state index in [9.17, 15) is 4.79 Å². The number of hydrogen-bond acceptors (Lipinski definition) is 3. The second-order valence-corrected chi connectivity index (χ2v) is 4.94. The second kappa shape index (κ2) is 5.98. The minimum Gasteiger partial charge on any atom is -0.299 e. The van der Waals surface area contributed by atoms with Crippen molar-refractivity contribution in [2.24, 2.45) is 11.8 Å². The fraction of sp³-hybridized carbons (Fsp3) is 0.500. The molecule has 0 heterocycles. The number of hydrogen-bond donors (Lipinski definition) is 2. The lowest BCUT2D eigenvalue weighted by molar-refractivity contribution is 0.0953. The Balaban J connectivity index is 2.00. The Morgan fingerprint density at radius 2 is 2.28 bits per heavy atom. The Hall–Kier alpha value is -1.39. The molecule has 0 radical (unpaired) electrons. The van der Waals surface area contributed by atoms with Crippen LogP contribution in [0.2, 0.25) is 0 Å². The highest BCUT2D eigenvalue weighted by atomic mass is 16.2. The van der Waals surface area contributed by atoms with Gasteiger partial charge in [-0.15, -0.1) is 0 Å². The van der Waals surface area contributed by atoms with Crippen molar-refractivity contribution >= 4 is 5.91 Å². The maximum absolute atomic E-state index is 11.5. The molecule has 3 N–H and O–H groups in total. The first-order valence-electron chi connectivity index (χ1n) is 6.55. The molecule has 1 saturated carbocycles. The molecule has 1 aromatic carbocycles. The van der Waals surface area contributed by atoms with Gasteiger partial charge in [0.1, 0.15) is 0 Å². The van der Waals surface area contributed by atoms with E-state index < -0.39 is 0 Å². The standard InChI is InChI=1S/C14H21N3O/c1-2-17(9-11-6-7-11)10-12-4-3-5-13(8-12)14(18)16-15/h3-5,8,11H,2,6-7,9-10,15H2,1H3,(H,16,18). The summed E-state index contributed by atoms with van der Waals surface area (Å²) >= 11 is 0. The summed E-state index contributed by atoms with van der Waals surface area (Å²) in [5, 5.41) is 0. The Morgan fingerprint density at radius 3 is 2.89 bits per heavy atom. The van der Waals surface area contributed by atoms with Gasteiger partial charge in [-0.05, 0) is 43.0 Å². The highest BCUT2D eigenvalue weighted by Gasteiger charge is 2.23. The van der Waals surface area contributed by atoms with Crippen LogP contribution in [0.1, 0.15) is 35.7 Å². The molecule has 2 rings (SSSR count). The molecule has 1 aliphatic carbocycles. The first-order valence-corrected chi connectivity index (χ1v) is 6.55. The van der Waals surface area contributed by atoms with Crippen molar-refractivity contribution < 1.29 is 4.79 Å². The number of benzene rings is 1. The molecular weight excluding hydrogens is 226 g/mol. The average molecular weight is 247 g/mol. The van der Waals surface area contributed by atoms with Crippen LogP contribution in [0.5, 0.6) is 0 Å². The Kier molecular flexibility index (Phi) is 4.33. The van der Waals surface area contributed by atoms with E-state index in [2.05, 4.69) is 23.3 Å². The number of nitrogens with one attached hydrogen (secondary N) is 1. The van der Waals surface area contributed by atoms with Gasteiger partial charge in [-0.1, -0.05) is 19.1 Å². The maximum Gasteiger partial charge on any atom is 0.265 e. The number of nitrogens with two attached hydrogens (primary N) is 1. The number of carbonyl (C=O) groups is 1. The van der Waals surface area contributed by atoms with Crippen LogP contribution in [0.4, 0.5) is 0 Å². The molecular formula is C14H21N3O. The van der Waals surface area contributed by atoms with Gasteiger partial charge in [0.15, 0.2) is 0 Å². The molecule has 0 spiro atoms. The number of carbonyl (C=O) groups excluding carboxylic acids is 1. The minimum absolute atomic E-state index is 0.234. The highest BCUT2D eigenvalue weighted by molar-refractivity contribution is 5.93. The summed E-state index contributed by atoms with van der Waals surface area (Å²) < 4.78 is 0. The minimum atomic E-state index is -0.234. The number of amides is 1. The van der Waals surface area contributed by atoms with Crippen molar-refractivity contribution in [1.82, 2.24) is 10.3 Å². The van der Waals surface area contributed by atoms with E-state index in [4.69, 9.17) is 5.84 Å². The van der Waals surface area contributed by atoms with Gasteiger partial charge < -0.3 is 0 Å². The van der Waals surface area contributed by atoms with Crippen LogP contribution in [0.3, 0.4) is 0 Å². The number of rotatable bonds is 6. The van der Waals surface area contributed by atoms with Crippen molar-refractivity contribution in [2.75, 3.05) is 13.1 Å². The molecule has 98 valence electrons. The topological polar surface area (TPSA) is 58.4 Å². The van der Waals surface area contributed by atoms with Crippen molar-refractivity contribution in [3.05, 3.63) is 35.4 Å². The van der Waals surface area contributed by atoms with Crippen LogP contribution in [0, 0.1) is 5.92 Å². The zero-order valence-corrected chi connectivity index (χ0v) is 10.9. The van der Waals surface area contributed by atoms with Crippen molar-refractivity contribution in [2.45, 2.75) is 26.3 Å². The van der Waals surface area contributed by atoms with E-state index in [0.29, 0.717) is 5.56 Å². The Bertz CT molecular complexity index is 415. The van der Waals surface area contributed by atoms with Crippen molar-refractivity contribution in [3.8, 4) is 0 Å². The van der Waals surface area contributed by atoms with E-state index in [-0.39, 0.29) is 5.91 Å². The highest BCUT2D eigenvalue weighted by Crippen LogP contribution is 2.30. The summed E-state index contributed by atoms with van der Waals surface area (Å²) in [7, 11) is 0. The molecule has 0 bridgehead atoms. The summed E-state index contributed by atoms with van der Waals surface area (Å²) in [6, 6.07) is 7.66. The first kappa shape index (κ1) is 13.1. The molecule has 1 amide bonds. The van der Waals surface area contributed by atoms with E-state index in [1.54, 1.807) is 6.07 Å². The molecule has 0 aliphatic heterocycles. The zero-order chi connectivity index (χ0) is 13.0. The summed E-state index contributed by atoms with van der Waals surface area (Å²) in [6.07, 6.45) is 2.73. The molecule has 0 saturated heterocycles. The number of nitrogens with zero attached hydrogens (tertiary/aromatic N) is 1. The summed E-state index contributed by atoms with van der Waals surface area (Å²) in [4.78, 5) is 13.9. The zero-order valence-electron chi connectivity index (χ0n) is 10.9. The fourth-order valence-corrected chi connectivity index (χ4v) is 2.12. The smallest absolute Gasteiger partial charge is 0.265 e. The molecule has 0 aromatic heterocycles. The third-order valence-corrected chi connectivity index (χ3v) is 3.39. The first-order chi connectivity index (χ1) is 8.72. The normalized spacial score (nSPS) is 14.8. The molecule has 4 heteroatoms. The Labute approximate surface area is 108 Å². The number of nitrogen functional groups attached to an aromatic ring is 1. The molecule has 18 heavy (non-hydrogen) atoms. The van der Waals surface area contributed by atoms with Gasteiger partial charge in [-0.3, -0.25) is 15.1 Å². The number of hydrazine groups is 1. The molecule has 4 nitrogen and oxygen atoms in total. The van der Waals surface area contributed by atoms with E-state index in [0.717, 1.165) is 19.0 Å². The molecule has 0 atom stereocenters. The van der Waals surface area contributed by atoms with Gasteiger partial charge in [0.25, 0.3) is 5.91 Å². The third-order valence-electron chi connectivity index (χ3n) is 3.39. The molecule has 1 aromatic rings. The van der Waals surface area contributed by atoms with Crippen LogP contribution >= 0.6 is 0 Å². The van der Waals surface area contributed by atoms with Gasteiger partial charge in [0, 0.05) is 18.7 Å². The van der Waals surface area contributed by atoms with Crippen LogP contribution in [-0.4, -0.2) is 23.9 Å². The van der Waals surface area contributed by atoms with Gasteiger partial charge in [0.05, 0.1) is 0 Å². The second-order valence-electron chi connectivity index (χ2n) is 4.94. The monoisotopic (exact) mass is 247 g/mol. The summed E-state index contributed by atoms with van der Waals surface area (Å²) in [6.45, 7) is 5.30. The lowest BCUT2D eigenvalue weighted by Crippen LogP contribution is -2.30. The van der Waals surface area contributed by atoms with Crippen molar-refractivity contribution in [3.63, 3.8) is 0 Å². The SMILES string of the molecule is CCN(Cc1cccc(C(=O)NN)c1)CC1CC1. The maximum atomic E-state index is 11.5. The van der Waals surface area contributed by atoms with Gasteiger partial charge in [0.2, 0.25) is 0 Å². The van der Waals surface area contributed by atoms with Crippen LogP contribution in [0.15, 0.2) is 24.3 Å². The third kappa shape index (κ3) is 3.55. The lowest BCUT2D eigenvalue weighted by Gasteiger charge is -2.20. The quantitative estimate of drug-likeness (QED) is 0.455. The van der Waals surface area contributed by atoms with Crippen LogP contribution in [0.25, 0.3) is 0 Å². The lowest BCUT2D eigenvalue weighted by atomic mass is 10.1. The van der Waals surface area contributed by atoms with Gasteiger partial charge in [-0.2, -0.15) is 0 Å². The fourth-order valence-electron chi connectivity index (χ4n) is 2.12.